The van der Waals surface area contributed by atoms with Gasteiger partial charge in [-0.1, -0.05) is 0 Å². The van der Waals surface area contributed by atoms with E-state index < -0.39 is 10.8 Å². The number of benzene rings is 1. The number of aromatic nitrogens is 2. The molecule has 0 atom stereocenters. The molecule has 1 aromatic heterocycles. The predicted molar refractivity (Wildman–Crippen MR) is 54.4 cm³/mol. The average Bonchev–Trinajstić information content (AvgIpc) is 2.70. The molecule has 1 aromatic carbocycles. The molecule has 0 spiro atoms. The van der Waals surface area contributed by atoms with Crippen molar-refractivity contribution in [2.24, 2.45) is 5.84 Å². The van der Waals surface area contributed by atoms with E-state index in [1.54, 1.807) is 0 Å². The van der Waals surface area contributed by atoms with Crippen molar-refractivity contribution >= 4 is 22.6 Å². The van der Waals surface area contributed by atoms with Crippen LogP contribution in [-0.4, -0.2) is 20.8 Å². The molecule has 16 heavy (non-hydrogen) atoms. The summed E-state index contributed by atoms with van der Waals surface area (Å²) in [6, 6.07) is 4.07. The molecule has 4 N–H and O–H groups in total. The van der Waals surface area contributed by atoms with Gasteiger partial charge in [0, 0.05) is 12.1 Å². The highest BCUT2D eigenvalue weighted by atomic mass is 16.6. The van der Waals surface area contributed by atoms with Gasteiger partial charge in [0.2, 0.25) is 0 Å². The molecule has 8 nitrogen and oxygen atoms in total. The van der Waals surface area contributed by atoms with Crippen molar-refractivity contribution in [1.29, 1.82) is 0 Å². The lowest BCUT2D eigenvalue weighted by Crippen LogP contribution is -2.30. The third kappa shape index (κ3) is 1.57. The Morgan fingerprint density at radius 2 is 2.31 bits per heavy atom. The maximum absolute atomic E-state index is 11.1. The van der Waals surface area contributed by atoms with E-state index in [0.717, 1.165) is 0 Å². The molecule has 0 fully saturated rings. The minimum Gasteiger partial charge on any atom is -0.334 e. The van der Waals surface area contributed by atoms with Crippen molar-refractivity contribution in [3.05, 3.63) is 34.1 Å². The van der Waals surface area contributed by atoms with Gasteiger partial charge in [0.05, 0.1) is 16.0 Å². The van der Waals surface area contributed by atoms with Crippen molar-refractivity contribution in [3.8, 4) is 0 Å². The van der Waals surface area contributed by atoms with Crippen molar-refractivity contribution in [3.63, 3.8) is 0 Å². The molecule has 0 aliphatic heterocycles. The summed E-state index contributed by atoms with van der Waals surface area (Å²) in [7, 11) is 0. The summed E-state index contributed by atoms with van der Waals surface area (Å²) in [6.07, 6.45) is 0. The summed E-state index contributed by atoms with van der Waals surface area (Å²) < 4.78 is 0. The number of fused-ring (bicyclic) bond motifs is 1. The van der Waals surface area contributed by atoms with Crippen LogP contribution in [0, 0.1) is 10.1 Å². The first kappa shape index (κ1) is 10.1. The fraction of sp³-hybridized carbons (Fsp3) is 0. The van der Waals surface area contributed by atoms with E-state index in [1.807, 2.05) is 5.43 Å². The van der Waals surface area contributed by atoms with Gasteiger partial charge in [0.15, 0.2) is 5.82 Å². The first-order valence-corrected chi connectivity index (χ1v) is 4.27. The van der Waals surface area contributed by atoms with Gasteiger partial charge in [-0.2, -0.15) is 0 Å². The number of hydrogen-bond donors (Lipinski definition) is 3. The molecular weight excluding hydrogens is 214 g/mol. The molecule has 0 aliphatic rings. The van der Waals surface area contributed by atoms with Gasteiger partial charge in [-0.3, -0.25) is 20.3 Å². The lowest BCUT2D eigenvalue weighted by Gasteiger charge is -1.90. The van der Waals surface area contributed by atoms with Gasteiger partial charge in [-0.05, 0) is 6.07 Å². The van der Waals surface area contributed by atoms with Gasteiger partial charge in [-0.25, -0.2) is 10.8 Å². The van der Waals surface area contributed by atoms with Crippen molar-refractivity contribution in [2.45, 2.75) is 0 Å². The van der Waals surface area contributed by atoms with Crippen LogP contribution in [0.2, 0.25) is 0 Å². The van der Waals surface area contributed by atoms with E-state index in [-0.39, 0.29) is 11.5 Å². The van der Waals surface area contributed by atoms with Crippen LogP contribution in [0.15, 0.2) is 18.2 Å². The summed E-state index contributed by atoms with van der Waals surface area (Å²) in [5, 5.41) is 10.5. The zero-order chi connectivity index (χ0) is 11.7. The number of rotatable bonds is 2. The normalized spacial score (nSPS) is 10.3. The van der Waals surface area contributed by atoms with Crippen LogP contribution < -0.4 is 11.3 Å². The minimum atomic E-state index is -0.584. The van der Waals surface area contributed by atoms with Crippen molar-refractivity contribution in [2.75, 3.05) is 0 Å². The second kappa shape index (κ2) is 3.59. The number of carbonyl (C=O) groups is 1. The first-order valence-electron chi connectivity index (χ1n) is 4.27. The van der Waals surface area contributed by atoms with E-state index in [0.29, 0.717) is 11.0 Å². The Hall–Kier alpha value is -2.48. The molecule has 0 aliphatic carbocycles. The molecule has 0 radical (unpaired) electrons. The fourth-order valence-corrected chi connectivity index (χ4v) is 1.29. The lowest BCUT2D eigenvalue weighted by atomic mass is 10.3. The number of aromatic amines is 1. The molecule has 8 heteroatoms. The summed E-state index contributed by atoms with van der Waals surface area (Å²) in [5.74, 6) is 4.36. The van der Waals surface area contributed by atoms with Crippen molar-refractivity contribution in [1.82, 2.24) is 15.4 Å². The van der Waals surface area contributed by atoms with E-state index in [9.17, 15) is 14.9 Å². The van der Waals surface area contributed by atoms with Crippen molar-refractivity contribution < 1.29 is 9.72 Å². The maximum atomic E-state index is 11.1. The quantitative estimate of drug-likeness (QED) is 0.286. The van der Waals surface area contributed by atoms with Gasteiger partial charge in [0.1, 0.15) is 0 Å². The number of amides is 1. The van der Waals surface area contributed by atoms with E-state index in [2.05, 4.69) is 9.97 Å². The summed E-state index contributed by atoms with van der Waals surface area (Å²) in [5.41, 5.74) is 2.71. The number of nitrogens with two attached hydrogens (primary N) is 1. The van der Waals surface area contributed by atoms with Crippen LogP contribution in [-0.2, 0) is 0 Å². The Morgan fingerprint density at radius 3 is 2.94 bits per heavy atom. The Bertz CT molecular complexity index is 576. The van der Waals surface area contributed by atoms with E-state index in [4.69, 9.17) is 5.84 Å². The highest BCUT2D eigenvalue weighted by Gasteiger charge is 2.12. The molecule has 1 heterocycles. The Labute approximate surface area is 88.6 Å². The number of nitro benzene ring substituents is 1. The number of imidazole rings is 1. The number of H-pyrrole nitrogens is 1. The van der Waals surface area contributed by atoms with Gasteiger partial charge < -0.3 is 4.98 Å². The number of non-ortho nitro benzene ring substituents is 1. The summed E-state index contributed by atoms with van der Waals surface area (Å²) >= 11 is 0. The standard InChI is InChI=1S/C8H7N5O3/c9-12-8(14)7-10-5-2-1-4(13(15)16)3-6(5)11-7/h1-3H,9H2,(H,10,11)(H,12,14). The average molecular weight is 221 g/mol. The molecule has 2 aromatic rings. The van der Waals surface area contributed by atoms with Crippen LogP contribution in [0.3, 0.4) is 0 Å². The van der Waals surface area contributed by atoms with Gasteiger partial charge in [0.25, 0.3) is 5.69 Å². The number of hydrogen-bond acceptors (Lipinski definition) is 5. The van der Waals surface area contributed by atoms with Crippen LogP contribution >= 0.6 is 0 Å². The smallest absolute Gasteiger partial charge is 0.300 e. The van der Waals surface area contributed by atoms with Gasteiger partial charge >= 0.3 is 5.91 Å². The lowest BCUT2D eigenvalue weighted by molar-refractivity contribution is -0.384. The van der Waals surface area contributed by atoms with Crippen LogP contribution in [0.4, 0.5) is 5.69 Å². The summed E-state index contributed by atoms with van der Waals surface area (Å²) in [4.78, 5) is 27.7. The Morgan fingerprint density at radius 1 is 1.56 bits per heavy atom. The highest BCUT2D eigenvalue weighted by molar-refractivity contribution is 5.94. The largest absolute Gasteiger partial charge is 0.334 e. The molecule has 0 saturated carbocycles. The van der Waals surface area contributed by atoms with Crippen LogP contribution in [0.1, 0.15) is 10.6 Å². The van der Waals surface area contributed by atoms with E-state index >= 15 is 0 Å². The third-order valence-corrected chi connectivity index (χ3v) is 2.02. The Balaban J connectivity index is 2.54. The molecule has 0 unspecified atom stereocenters. The third-order valence-electron chi connectivity index (χ3n) is 2.02. The zero-order valence-electron chi connectivity index (χ0n) is 7.93. The number of nitro groups is 1. The molecule has 0 bridgehead atoms. The van der Waals surface area contributed by atoms with Crippen LogP contribution in [0.25, 0.3) is 11.0 Å². The molecule has 0 saturated heterocycles. The second-order valence-electron chi connectivity index (χ2n) is 3.02. The monoisotopic (exact) mass is 221 g/mol. The molecule has 2 rings (SSSR count). The minimum absolute atomic E-state index is 0.0120. The van der Waals surface area contributed by atoms with Crippen LogP contribution in [0.5, 0.6) is 0 Å². The summed E-state index contributed by atoms with van der Waals surface area (Å²) in [6.45, 7) is 0. The topological polar surface area (TPSA) is 127 Å². The fourth-order valence-electron chi connectivity index (χ4n) is 1.29. The number of nitrogen functional groups attached to an aromatic ring is 1. The van der Waals surface area contributed by atoms with E-state index in [1.165, 1.54) is 18.2 Å². The van der Waals surface area contributed by atoms with Gasteiger partial charge in [-0.15, -0.1) is 0 Å². The second-order valence-corrected chi connectivity index (χ2v) is 3.02. The number of nitrogens with one attached hydrogen (secondary N) is 2. The SMILES string of the molecule is NNC(=O)c1nc2ccc([N+](=O)[O-])cc2[nH]1. The highest BCUT2D eigenvalue weighted by Crippen LogP contribution is 2.18. The predicted octanol–water partition coefficient (Wildman–Crippen LogP) is 0.0746. The number of nitrogens with zero attached hydrogens (tertiary/aromatic N) is 2. The number of hydrazine groups is 1. The maximum Gasteiger partial charge on any atom is 0.300 e. The number of carbonyl (C=O) groups excluding carboxylic acids is 1. The Kier molecular flexibility index (Phi) is 2.25. The molecular formula is C8H7N5O3. The molecule has 82 valence electrons. The zero-order valence-corrected chi connectivity index (χ0v) is 7.93. The first-order chi connectivity index (χ1) is 7.61. The molecule has 1 amide bonds.